The number of nitrogens with zero attached hydrogens (tertiary/aromatic N) is 2. The van der Waals surface area contributed by atoms with E-state index >= 15 is 0 Å². The van der Waals surface area contributed by atoms with E-state index in [4.69, 9.17) is 14.2 Å². The fraction of sp³-hybridized carbons (Fsp3) is 0.509. The van der Waals surface area contributed by atoms with Crippen LogP contribution in [0.5, 0.6) is 0 Å². The molecule has 2 saturated heterocycles. The molecule has 4 aromatic rings. The monoisotopic (exact) mass is 1070 g/mol. The first-order valence-electron chi connectivity index (χ1n) is 26.4. The largest absolute Gasteiger partial charge is 0.480 e. The molecule has 0 bridgehead atoms. The molecule has 6 rings (SSSR count). The third kappa shape index (κ3) is 18.6. The lowest BCUT2D eigenvalue weighted by Gasteiger charge is -2.32. The SMILES string of the molecule is CC[C@H](C)[C@@H](CN(CC(=O)N[C@@H](COC)C(=O)O)Cc1cccc2ccccc12)NC(=O)[C@@H]1CCC(=O)N1.CC[C@H](C)[C@@H](CN(CC(=O)N[C@@H](COC)C(=O)OC)Cc1cccc2ccccc12)NC(=O)[C@@H]1CCC(=O)N1. The summed E-state index contributed by atoms with van der Waals surface area (Å²) >= 11 is 0. The summed E-state index contributed by atoms with van der Waals surface area (Å²) in [6.07, 6.45) is 3.19. The number of carbonyl (C=O) groups excluding carboxylic acids is 7. The van der Waals surface area contributed by atoms with Crippen LogP contribution in [0, 0.1) is 11.8 Å². The fourth-order valence-corrected chi connectivity index (χ4v) is 9.47. The first-order chi connectivity index (χ1) is 37.0. The predicted octanol–water partition coefficient (Wildman–Crippen LogP) is 3.42. The average molecular weight is 1070 g/mol. The summed E-state index contributed by atoms with van der Waals surface area (Å²) in [7, 11) is 4.08. The summed E-state index contributed by atoms with van der Waals surface area (Å²) in [6.45, 7) is 9.55. The predicted molar refractivity (Wildman–Crippen MR) is 291 cm³/mol. The summed E-state index contributed by atoms with van der Waals surface area (Å²) in [5.74, 6) is -3.09. The van der Waals surface area contributed by atoms with Gasteiger partial charge in [0.25, 0.3) is 0 Å². The van der Waals surface area contributed by atoms with E-state index in [9.17, 15) is 43.5 Å². The summed E-state index contributed by atoms with van der Waals surface area (Å²) in [5, 5.41) is 30.6. The molecule has 8 atom stereocenters. The second kappa shape index (κ2) is 30.7. The minimum absolute atomic E-state index is 0.0105. The lowest BCUT2D eigenvalue weighted by Crippen LogP contribution is -2.54. The third-order valence-electron chi connectivity index (χ3n) is 14.3. The highest BCUT2D eigenvalue weighted by Crippen LogP contribution is 2.23. The van der Waals surface area contributed by atoms with Gasteiger partial charge in [-0.3, -0.25) is 38.6 Å². The zero-order chi connectivity index (χ0) is 56.0. The Bertz CT molecular complexity index is 2640. The molecule has 0 unspecified atom stereocenters. The number of carboxylic acids is 1. The molecule has 418 valence electrons. The first kappa shape index (κ1) is 60.9. The highest BCUT2D eigenvalue weighted by molar-refractivity contribution is 5.92. The first-order valence-corrected chi connectivity index (χ1v) is 26.4. The Kier molecular flexibility index (Phi) is 24.2. The fourth-order valence-electron chi connectivity index (χ4n) is 9.47. The normalized spacial score (nSPS) is 17.5. The van der Waals surface area contributed by atoms with Crippen LogP contribution < -0.4 is 31.9 Å². The van der Waals surface area contributed by atoms with Crippen LogP contribution in [0.2, 0.25) is 0 Å². The van der Waals surface area contributed by atoms with Gasteiger partial charge in [-0.15, -0.1) is 0 Å². The van der Waals surface area contributed by atoms with E-state index in [1.54, 1.807) is 0 Å². The Hall–Kier alpha value is -7.00. The third-order valence-corrected chi connectivity index (χ3v) is 14.3. The smallest absolute Gasteiger partial charge is 0.330 e. The molecule has 6 amide bonds. The Morgan fingerprint density at radius 1 is 0.597 bits per heavy atom. The van der Waals surface area contributed by atoms with Crippen molar-refractivity contribution in [2.75, 3.05) is 60.7 Å². The van der Waals surface area contributed by atoms with Crippen LogP contribution in [0.1, 0.15) is 77.3 Å². The topological polar surface area (TPSA) is 263 Å². The van der Waals surface area contributed by atoms with Crippen LogP contribution in [-0.2, 0) is 65.7 Å². The average Bonchev–Trinajstić information content (AvgIpc) is 4.07. The minimum atomic E-state index is -1.18. The molecule has 2 fully saturated rings. The van der Waals surface area contributed by atoms with Crippen LogP contribution in [0.25, 0.3) is 21.5 Å². The number of esters is 1. The van der Waals surface area contributed by atoms with E-state index in [1.807, 2.05) is 109 Å². The number of ether oxygens (including phenoxy) is 3. The molecule has 4 aromatic carbocycles. The van der Waals surface area contributed by atoms with E-state index in [0.29, 0.717) is 51.9 Å². The molecular formula is C57H78N8O12. The second-order valence-corrected chi connectivity index (χ2v) is 19.9. The number of carboxylic acid groups (broad SMARTS) is 1. The Morgan fingerprint density at radius 3 is 1.38 bits per heavy atom. The Labute approximate surface area is 451 Å². The van der Waals surface area contributed by atoms with Gasteiger partial charge in [0.15, 0.2) is 12.1 Å². The van der Waals surface area contributed by atoms with Gasteiger partial charge >= 0.3 is 11.9 Å². The van der Waals surface area contributed by atoms with Crippen molar-refractivity contribution >= 4 is 68.9 Å². The molecule has 77 heavy (non-hydrogen) atoms. The highest BCUT2D eigenvalue weighted by atomic mass is 16.5. The van der Waals surface area contributed by atoms with E-state index in [2.05, 4.69) is 45.7 Å². The van der Waals surface area contributed by atoms with Gasteiger partial charge in [-0.1, -0.05) is 125 Å². The van der Waals surface area contributed by atoms with Gasteiger partial charge in [0.1, 0.15) is 12.1 Å². The van der Waals surface area contributed by atoms with Crippen molar-refractivity contribution in [3.63, 3.8) is 0 Å². The highest BCUT2D eigenvalue weighted by Gasteiger charge is 2.33. The number of nitrogens with one attached hydrogen (secondary N) is 6. The number of rotatable bonds is 28. The minimum Gasteiger partial charge on any atom is -0.480 e. The second-order valence-electron chi connectivity index (χ2n) is 19.9. The van der Waals surface area contributed by atoms with Gasteiger partial charge in [0.05, 0.1) is 33.4 Å². The number of amides is 6. The van der Waals surface area contributed by atoms with Gasteiger partial charge in [0.2, 0.25) is 35.4 Å². The molecule has 0 aliphatic carbocycles. The van der Waals surface area contributed by atoms with Crippen molar-refractivity contribution < 1.29 is 57.7 Å². The van der Waals surface area contributed by atoms with Crippen molar-refractivity contribution in [3.8, 4) is 0 Å². The number of hydrogen-bond donors (Lipinski definition) is 7. The zero-order valence-electron chi connectivity index (χ0n) is 45.4. The molecule has 20 nitrogen and oxygen atoms in total. The number of methoxy groups -OCH3 is 3. The van der Waals surface area contributed by atoms with Crippen molar-refractivity contribution in [2.24, 2.45) is 11.8 Å². The van der Waals surface area contributed by atoms with E-state index in [1.165, 1.54) is 21.3 Å². The summed E-state index contributed by atoms with van der Waals surface area (Å²) in [5.41, 5.74) is 2.06. The molecule has 0 saturated carbocycles. The van der Waals surface area contributed by atoms with Crippen LogP contribution in [0.15, 0.2) is 84.9 Å². The maximum absolute atomic E-state index is 13.2. The van der Waals surface area contributed by atoms with E-state index in [0.717, 1.165) is 45.5 Å². The van der Waals surface area contributed by atoms with Gasteiger partial charge in [-0.2, -0.15) is 0 Å². The number of aliphatic carboxylic acids is 1. The van der Waals surface area contributed by atoms with Crippen LogP contribution in [0.4, 0.5) is 0 Å². The molecule has 7 N–H and O–H groups in total. The van der Waals surface area contributed by atoms with Gasteiger partial charge in [0, 0.05) is 65.3 Å². The van der Waals surface area contributed by atoms with E-state index < -0.39 is 42.0 Å². The summed E-state index contributed by atoms with van der Waals surface area (Å²) in [6, 6.07) is 24.3. The molecule has 0 spiro atoms. The number of benzene rings is 4. The van der Waals surface area contributed by atoms with Gasteiger partial charge in [-0.05, 0) is 57.3 Å². The summed E-state index contributed by atoms with van der Waals surface area (Å²) in [4.78, 5) is 103. The van der Waals surface area contributed by atoms with Crippen molar-refractivity contribution in [1.29, 1.82) is 0 Å². The van der Waals surface area contributed by atoms with Crippen LogP contribution in [-0.4, -0.2) is 159 Å². The molecule has 2 aliphatic heterocycles. The number of hydrogen-bond acceptors (Lipinski definition) is 13. The van der Waals surface area contributed by atoms with E-state index in [-0.39, 0.29) is 79.8 Å². The molecule has 2 aliphatic rings. The zero-order valence-corrected chi connectivity index (χ0v) is 45.4. The lowest BCUT2D eigenvalue weighted by atomic mass is 9.97. The number of fused-ring (bicyclic) bond motifs is 2. The van der Waals surface area contributed by atoms with Crippen molar-refractivity contribution in [1.82, 2.24) is 41.7 Å². The van der Waals surface area contributed by atoms with Gasteiger partial charge < -0.3 is 51.2 Å². The van der Waals surface area contributed by atoms with Crippen LogP contribution in [0.3, 0.4) is 0 Å². The maximum Gasteiger partial charge on any atom is 0.330 e. The Balaban J connectivity index is 0.000000284. The number of carbonyl (C=O) groups is 8. The van der Waals surface area contributed by atoms with Crippen LogP contribution >= 0.6 is 0 Å². The lowest BCUT2D eigenvalue weighted by molar-refractivity contribution is -0.146. The molecule has 2 heterocycles. The quantitative estimate of drug-likeness (QED) is 0.0403. The standard InChI is InChI=1S/C29H40N4O6.C28H38N4O6/c1-5-19(2)24(32-28(36)23-13-14-26(34)30-23)16-33(17-27(35)31-25(18-38-3)29(37)39-4)15-21-11-8-10-20-9-6-7-12-22(20)21;1-4-18(2)23(31-27(35)22-12-13-25(33)29-22)15-32(16-26(34)30-24(17-38-3)28(36)37)14-20-10-7-9-19-8-5-6-11-21(19)20/h6-12,19,23-25H,5,13-18H2,1-4H3,(H,30,34)(H,31,35)(H,32,36);5-11,18,22-24H,4,12-17H2,1-3H3,(H,29,33)(H,30,34)(H,31,35)(H,36,37)/t19-,23-,24+,25-;18-,22-,23+,24-/m00/s1. The molecule has 20 heteroatoms. The molecule has 0 radical (unpaired) electrons. The van der Waals surface area contributed by atoms with Crippen molar-refractivity contribution in [2.45, 2.75) is 116 Å². The molecular weight excluding hydrogens is 989 g/mol. The maximum atomic E-state index is 13.2. The molecule has 0 aromatic heterocycles. The van der Waals surface area contributed by atoms with Crippen molar-refractivity contribution in [3.05, 3.63) is 96.1 Å². The summed E-state index contributed by atoms with van der Waals surface area (Å²) < 4.78 is 14.8. The Morgan fingerprint density at radius 2 is 1.00 bits per heavy atom. The van der Waals surface area contributed by atoms with Gasteiger partial charge in [-0.25, -0.2) is 9.59 Å².